The molecule has 186 valence electrons. The minimum Gasteiger partial charge on any atom is -0.395 e. The first-order valence-electron chi connectivity index (χ1n) is 9.99. The number of H-pyrrole nitrogens is 1. The average molecular weight is 512 g/mol. The molecule has 3 unspecified atom stereocenters. The molecule has 2 N–H and O–H groups in total. The number of hydrogen-bond acceptors (Lipinski definition) is 11. The average Bonchev–Trinajstić information content (AvgIpc) is 2.98. The number of thioether (sulfide) groups is 1. The molecule has 2 fully saturated rings. The van der Waals surface area contributed by atoms with Crippen LogP contribution >= 0.6 is 19.6 Å². The normalized spacial score (nSPS) is 32.7. The van der Waals surface area contributed by atoms with E-state index >= 15 is 4.39 Å². The maximum atomic E-state index is 15.6. The number of halogens is 1. The third-order valence-corrected chi connectivity index (χ3v) is 7.72. The van der Waals surface area contributed by atoms with Crippen molar-refractivity contribution in [1.29, 1.82) is 0 Å². The van der Waals surface area contributed by atoms with Crippen LogP contribution < -0.4 is 11.2 Å². The Kier molecular flexibility index (Phi) is 8.01. The maximum Gasteiger partial charge on any atom is 0.477 e. The van der Waals surface area contributed by atoms with Crippen LogP contribution in [0.1, 0.15) is 27.0 Å². The SMILES string of the molecule is CC(C)(CO)C(=O)SCCOP1(=O)OCO[C@H]2C(CO1)O[C@@H](n1ccc(=O)[nH]c1=O)C2(C)F. The number of phosphoric ester groups is 1. The van der Waals surface area contributed by atoms with Gasteiger partial charge >= 0.3 is 13.5 Å². The number of aromatic amines is 1. The highest BCUT2D eigenvalue weighted by atomic mass is 32.2. The predicted octanol–water partition coefficient (Wildman–Crippen LogP) is 0.955. The Hall–Kier alpha value is -1.38. The molecule has 0 spiro atoms. The highest BCUT2D eigenvalue weighted by molar-refractivity contribution is 8.13. The van der Waals surface area contributed by atoms with Gasteiger partial charge in [0.25, 0.3) is 5.56 Å². The highest BCUT2D eigenvalue weighted by Crippen LogP contribution is 2.53. The van der Waals surface area contributed by atoms with Gasteiger partial charge in [-0.15, -0.1) is 0 Å². The van der Waals surface area contributed by atoms with E-state index in [1.165, 1.54) is 6.92 Å². The number of alkyl halides is 1. The number of hydrogen-bond donors (Lipinski definition) is 2. The fraction of sp³-hybridized carbons (Fsp3) is 0.722. The predicted molar refractivity (Wildman–Crippen MR) is 113 cm³/mol. The van der Waals surface area contributed by atoms with Crippen LogP contribution in [0.2, 0.25) is 0 Å². The van der Waals surface area contributed by atoms with Crippen molar-refractivity contribution < 1.29 is 41.9 Å². The minimum absolute atomic E-state index is 0.127. The molecule has 0 amide bonds. The second kappa shape index (κ2) is 10.1. The zero-order chi connectivity index (χ0) is 24.4. The number of phosphoric acid groups is 1. The summed E-state index contributed by atoms with van der Waals surface area (Å²) in [6.07, 6.45) is -2.64. The Morgan fingerprint density at radius 3 is 2.85 bits per heavy atom. The van der Waals surface area contributed by atoms with Crippen LogP contribution in [0.3, 0.4) is 0 Å². The Morgan fingerprint density at radius 1 is 1.45 bits per heavy atom. The lowest BCUT2D eigenvalue weighted by atomic mass is 9.97. The summed E-state index contributed by atoms with van der Waals surface area (Å²) < 4.78 is 55.8. The molecule has 2 aliphatic rings. The van der Waals surface area contributed by atoms with E-state index in [2.05, 4.69) is 0 Å². The Morgan fingerprint density at radius 2 is 2.18 bits per heavy atom. The summed E-state index contributed by atoms with van der Waals surface area (Å²) in [5.41, 5.74) is -4.66. The molecule has 3 heterocycles. The van der Waals surface area contributed by atoms with Gasteiger partial charge in [0, 0.05) is 18.0 Å². The lowest BCUT2D eigenvalue weighted by molar-refractivity contribution is -0.129. The van der Waals surface area contributed by atoms with E-state index in [1.54, 1.807) is 13.8 Å². The van der Waals surface area contributed by atoms with Crippen LogP contribution in [0.5, 0.6) is 0 Å². The largest absolute Gasteiger partial charge is 0.477 e. The van der Waals surface area contributed by atoms with E-state index in [0.29, 0.717) is 0 Å². The van der Waals surface area contributed by atoms with Crippen molar-refractivity contribution in [3.63, 3.8) is 0 Å². The van der Waals surface area contributed by atoms with Gasteiger partial charge in [0.1, 0.15) is 12.2 Å². The van der Waals surface area contributed by atoms with E-state index < -0.39 is 62.0 Å². The van der Waals surface area contributed by atoms with Crippen molar-refractivity contribution in [3.8, 4) is 0 Å². The van der Waals surface area contributed by atoms with E-state index in [-0.39, 0.29) is 24.1 Å². The summed E-state index contributed by atoms with van der Waals surface area (Å²) >= 11 is 0.901. The first-order chi connectivity index (χ1) is 15.4. The van der Waals surface area contributed by atoms with Gasteiger partial charge in [0.2, 0.25) is 0 Å². The van der Waals surface area contributed by atoms with Crippen molar-refractivity contribution in [2.45, 2.75) is 44.9 Å². The van der Waals surface area contributed by atoms with Gasteiger partial charge in [-0.2, -0.15) is 0 Å². The summed E-state index contributed by atoms with van der Waals surface area (Å²) in [7, 11) is -4.11. The molecule has 1 aromatic heterocycles. The number of nitrogens with one attached hydrogen (secondary N) is 1. The number of fused-ring (bicyclic) bond motifs is 1. The summed E-state index contributed by atoms with van der Waals surface area (Å²) in [4.78, 5) is 37.4. The number of rotatable bonds is 7. The van der Waals surface area contributed by atoms with Crippen molar-refractivity contribution in [3.05, 3.63) is 33.1 Å². The molecule has 33 heavy (non-hydrogen) atoms. The van der Waals surface area contributed by atoms with E-state index in [1.807, 2.05) is 4.98 Å². The molecule has 1 aromatic rings. The molecule has 5 atom stereocenters. The number of aliphatic hydroxyl groups is 1. The summed E-state index contributed by atoms with van der Waals surface area (Å²) in [5.74, 6) is 0.127. The molecule has 0 bridgehead atoms. The van der Waals surface area contributed by atoms with Crippen molar-refractivity contribution in [1.82, 2.24) is 9.55 Å². The second-order valence-corrected chi connectivity index (χ2v) is 11.0. The van der Waals surface area contributed by atoms with Crippen LogP contribution in [0.15, 0.2) is 21.9 Å². The number of nitrogens with zero attached hydrogens (tertiary/aromatic N) is 1. The zero-order valence-corrected chi connectivity index (χ0v) is 19.9. The maximum absolute atomic E-state index is 15.6. The van der Waals surface area contributed by atoms with Crippen LogP contribution in [0.25, 0.3) is 0 Å². The van der Waals surface area contributed by atoms with E-state index in [4.69, 9.17) is 23.0 Å². The number of aliphatic hydroxyl groups excluding tert-OH is 1. The second-order valence-electron chi connectivity index (χ2n) is 8.28. The Balaban J connectivity index is 1.62. The minimum atomic E-state index is -4.11. The van der Waals surface area contributed by atoms with Crippen LogP contribution in [0.4, 0.5) is 4.39 Å². The Labute approximate surface area is 192 Å². The van der Waals surface area contributed by atoms with Crippen molar-refractivity contribution >= 4 is 24.7 Å². The molecule has 2 saturated heterocycles. The molecule has 15 heteroatoms. The summed E-state index contributed by atoms with van der Waals surface area (Å²) in [6, 6.07) is 1.05. The first kappa shape index (κ1) is 26.2. The van der Waals surface area contributed by atoms with Gasteiger partial charge in [0.05, 0.1) is 25.2 Å². The van der Waals surface area contributed by atoms with Gasteiger partial charge in [-0.1, -0.05) is 11.8 Å². The van der Waals surface area contributed by atoms with Gasteiger partial charge < -0.3 is 14.6 Å². The van der Waals surface area contributed by atoms with Crippen LogP contribution in [-0.2, 0) is 32.4 Å². The van der Waals surface area contributed by atoms with Crippen LogP contribution in [-0.4, -0.2) is 70.0 Å². The van der Waals surface area contributed by atoms with Crippen LogP contribution in [0, 0.1) is 5.41 Å². The third-order valence-electron chi connectivity index (χ3n) is 5.15. The molecule has 3 rings (SSSR count). The first-order valence-corrected chi connectivity index (χ1v) is 12.4. The lowest BCUT2D eigenvalue weighted by Crippen LogP contribution is -2.46. The Bertz CT molecular complexity index is 1030. The monoisotopic (exact) mass is 512 g/mol. The molecule has 0 aromatic carbocycles. The molecule has 12 nitrogen and oxygen atoms in total. The number of ether oxygens (including phenoxy) is 2. The molecule has 0 saturated carbocycles. The van der Waals surface area contributed by atoms with Gasteiger partial charge in [-0.3, -0.25) is 32.7 Å². The fourth-order valence-corrected chi connectivity index (χ4v) is 5.20. The fourth-order valence-electron chi connectivity index (χ4n) is 3.21. The number of carbonyl (C=O) groups excluding carboxylic acids is 1. The lowest BCUT2D eigenvalue weighted by Gasteiger charge is -2.30. The van der Waals surface area contributed by atoms with Crippen molar-refractivity contribution in [2.75, 3.05) is 32.4 Å². The third kappa shape index (κ3) is 5.82. The van der Waals surface area contributed by atoms with Gasteiger partial charge in [-0.05, 0) is 20.8 Å². The highest BCUT2D eigenvalue weighted by Gasteiger charge is 2.58. The van der Waals surface area contributed by atoms with Gasteiger partial charge in [0.15, 0.2) is 23.8 Å². The number of carbonyl (C=O) groups is 1. The molecule has 2 aliphatic heterocycles. The summed E-state index contributed by atoms with van der Waals surface area (Å²) in [5, 5.41) is 8.96. The molecule has 0 radical (unpaired) electrons. The van der Waals surface area contributed by atoms with E-state index in [9.17, 15) is 24.1 Å². The standard InChI is InChI=1S/C18H26FN2O10PS/c1-17(2,9-22)15(24)33-7-6-28-32(26)29-8-11-13(27-10-30-32)18(3,19)14(31-11)21-5-4-12(23)20-16(21)25/h4-5,11,13-14,22H,6-10H2,1-3H3,(H,20,23,25)/t11?,13-,14+,18?,32?/m0/s1. The zero-order valence-electron chi connectivity index (χ0n) is 18.2. The van der Waals surface area contributed by atoms with E-state index in [0.717, 1.165) is 28.6 Å². The van der Waals surface area contributed by atoms with Crippen molar-refractivity contribution in [2.24, 2.45) is 5.41 Å². The molecular weight excluding hydrogens is 486 g/mol. The topological polar surface area (TPSA) is 155 Å². The molecule has 0 aliphatic carbocycles. The molecular formula is C18H26FN2O10PS. The smallest absolute Gasteiger partial charge is 0.395 e. The summed E-state index contributed by atoms with van der Waals surface area (Å²) in [6.45, 7) is 2.80. The quantitative estimate of drug-likeness (QED) is 0.396. The van der Waals surface area contributed by atoms with Gasteiger partial charge in [-0.25, -0.2) is 13.8 Å². The number of aromatic nitrogens is 2.